The van der Waals surface area contributed by atoms with Crippen molar-refractivity contribution in [1.82, 2.24) is 10.2 Å². The zero-order chi connectivity index (χ0) is 14.0. The van der Waals surface area contributed by atoms with Crippen molar-refractivity contribution in [2.45, 2.75) is 18.9 Å². The molecule has 1 heterocycles. The van der Waals surface area contributed by atoms with Crippen LogP contribution >= 0.6 is 0 Å². The second-order valence-electron chi connectivity index (χ2n) is 4.88. The fraction of sp³-hybridized carbons (Fsp3) is 0.462. The van der Waals surface area contributed by atoms with E-state index in [0.717, 1.165) is 38.1 Å². The molecule has 0 aromatic heterocycles. The molecular weight excluding hydrogens is 252 g/mol. The first kappa shape index (κ1) is 13.7. The van der Waals surface area contributed by atoms with Crippen LogP contribution in [0.5, 0.6) is 0 Å². The van der Waals surface area contributed by atoms with Crippen LogP contribution in [0.4, 0.5) is 14.5 Å². The number of hydrogen-bond donors (Lipinski definition) is 2. The number of amides is 1. The number of carbonyl (C=O) groups excluding carboxylic acids is 1. The molecular formula is C13H17F2N3O. The molecule has 0 spiro atoms. The fourth-order valence-electron chi connectivity index (χ4n) is 2.19. The van der Waals surface area contributed by atoms with Gasteiger partial charge in [0.1, 0.15) is 11.4 Å². The molecule has 104 valence electrons. The van der Waals surface area contributed by atoms with Crippen molar-refractivity contribution in [3.05, 3.63) is 29.3 Å². The Morgan fingerprint density at radius 2 is 2.00 bits per heavy atom. The molecule has 0 radical (unpaired) electrons. The van der Waals surface area contributed by atoms with E-state index in [-0.39, 0.29) is 11.7 Å². The smallest absolute Gasteiger partial charge is 0.257 e. The molecule has 0 bridgehead atoms. The Morgan fingerprint density at radius 1 is 1.37 bits per heavy atom. The summed E-state index contributed by atoms with van der Waals surface area (Å²) in [5, 5.41) is 2.66. The number of nitrogens with zero attached hydrogens (tertiary/aromatic N) is 1. The number of likely N-dealkylation sites (tertiary alicyclic amines) is 1. The summed E-state index contributed by atoms with van der Waals surface area (Å²) in [7, 11) is 2.00. The van der Waals surface area contributed by atoms with E-state index in [1.165, 1.54) is 0 Å². The van der Waals surface area contributed by atoms with Gasteiger partial charge in [0.2, 0.25) is 0 Å². The molecule has 4 nitrogen and oxygen atoms in total. The average Bonchev–Trinajstić information content (AvgIpc) is 2.37. The van der Waals surface area contributed by atoms with Crippen molar-refractivity contribution in [2.24, 2.45) is 0 Å². The van der Waals surface area contributed by atoms with Crippen LogP contribution < -0.4 is 11.1 Å². The predicted molar refractivity (Wildman–Crippen MR) is 68.8 cm³/mol. The number of rotatable bonds is 2. The molecule has 1 aromatic carbocycles. The van der Waals surface area contributed by atoms with Crippen molar-refractivity contribution < 1.29 is 13.6 Å². The van der Waals surface area contributed by atoms with E-state index >= 15 is 0 Å². The number of nitrogens with one attached hydrogen (secondary N) is 1. The first-order chi connectivity index (χ1) is 8.99. The van der Waals surface area contributed by atoms with Crippen LogP contribution in [-0.2, 0) is 0 Å². The van der Waals surface area contributed by atoms with Crippen LogP contribution in [0.25, 0.3) is 0 Å². The van der Waals surface area contributed by atoms with Crippen LogP contribution in [0.15, 0.2) is 12.1 Å². The lowest BCUT2D eigenvalue weighted by atomic mass is 10.0. The van der Waals surface area contributed by atoms with Crippen LogP contribution in [0.3, 0.4) is 0 Å². The Hall–Kier alpha value is -1.69. The van der Waals surface area contributed by atoms with E-state index in [0.29, 0.717) is 0 Å². The Labute approximate surface area is 110 Å². The summed E-state index contributed by atoms with van der Waals surface area (Å²) in [6, 6.07) is 2.06. The number of carbonyl (C=O) groups is 1. The van der Waals surface area contributed by atoms with Crippen molar-refractivity contribution in [2.75, 3.05) is 25.9 Å². The van der Waals surface area contributed by atoms with Gasteiger partial charge in [0.25, 0.3) is 5.91 Å². The van der Waals surface area contributed by atoms with Crippen LogP contribution in [0.2, 0.25) is 0 Å². The third-order valence-corrected chi connectivity index (χ3v) is 3.40. The van der Waals surface area contributed by atoms with Gasteiger partial charge >= 0.3 is 0 Å². The highest BCUT2D eigenvalue weighted by Gasteiger charge is 2.24. The third-order valence-electron chi connectivity index (χ3n) is 3.40. The van der Waals surface area contributed by atoms with E-state index in [9.17, 15) is 13.6 Å². The first-order valence-electron chi connectivity index (χ1n) is 6.22. The number of halogens is 2. The molecule has 1 saturated heterocycles. The minimum atomic E-state index is -0.995. The van der Waals surface area contributed by atoms with Crippen LogP contribution in [-0.4, -0.2) is 37.0 Å². The second kappa shape index (κ2) is 5.52. The normalized spacial score (nSPS) is 17.4. The average molecular weight is 269 g/mol. The van der Waals surface area contributed by atoms with Gasteiger partial charge in [-0.05, 0) is 45.1 Å². The van der Waals surface area contributed by atoms with E-state index in [4.69, 9.17) is 5.73 Å². The molecule has 0 aliphatic carbocycles. The lowest BCUT2D eigenvalue weighted by molar-refractivity contribution is 0.0908. The molecule has 19 heavy (non-hydrogen) atoms. The summed E-state index contributed by atoms with van der Waals surface area (Å²) in [4.78, 5) is 14.1. The van der Waals surface area contributed by atoms with E-state index in [1.54, 1.807) is 0 Å². The SMILES string of the molecule is CN1CCC(NC(=O)c2c(F)ccc(N)c2F)CC1. The number of anilines is 1. The summed E-state index contributed by atoms with van der Waals surface area (Å²) in [6.45, 7) is 1.71. The number of hydrogen-bond acceptors (Lipinski definition) is 3. The van der Waals surface area contributed by atoms with E-state index < -0.39 is 23.1 Å². The monoisotopic (exact) mass is 269 g/mol. The molecule has 1 aliphatic rings. The molecule has 6 heteroatoms. The van der Waals surface area contributed by atoms with Gasteiger partial charge < -0.3 is 16.0 Å². The van der Waals surface area contributed by atoms with Gasteiger partial charge in [0.15, 0.2) is 5.82 Å². The summed E-state index contributed by atoms with van der Waals surface area (Å²) in [6.07, 6.45) is 1.54. The quantitative estimate of drug-likeness (QED) is 0.797. The maximum atomic E-state index is 13.7. The maximum absolute atomic E-state index is 13.7. The molecule has 1 aromatic rings. The number of benzene rings is 1. The van der Waals surface area contributed by atoms with Gasteiger partial charge in [0.05, 0.1) is 5.69 Å². The van der Waals surface area contributed by atoms with Crippen LogP contribution in [0, 0.1) is 11.6 Å². The molecule has 0 unspecified atom stereocenters. The highest BCUT2D eigenvalue weighted by Crippen LogP contribution is 2.19. The van der Waals surface area contributed by atoms with Gasteiger partial charge in [0, 0.05) is 6.04 Å². The fourth-order valence-corrected chi connectivity index (χ4v) is 2.19. The summed E-state index contributed by atoms with van der Waals surface area (Å²) < 4.78 is 27.2. The van der Waals surface area contributed by atoms with Crippen LogP contribution in [0.1, 0.15) is 23.2 Å². The molecule has 2 rings (SSSR count). The topological polar surface area (TPSA) is 58.4 Å². The van der Waals surface area contributed by atoms with E-state index in [1.807, 2.05) is 7.05 Å². The third kappa shape index (κ3) is 3.01. The number of nitrogen functional groups attached to an aromatic ring is 1. The first-order valence-corrected chi connectivity index (χ1v) is 6.22. The zero-order valence-corrected chi connectivity index (χ0v) is 10.7. The Kier molecular flexibility index (Phi) is 3.99. The van der Waals surface area contributed by atoms with Gasteiger partial charge in [-0.2, -0.15) is 0 Å². The Balaban J connectivity index is 2.10. The van der Waals surface area contributed by atoms with Gasteiger partial charge in [-0.25, -0.2) is 8.78 Å². The molecule has 0 saturated carbocycles. The van der Waals surface area contributed by atoms with Crippen molar-refractivity contribution in [1.29, 1.82) is 0 Å². The summed E-state index contributed by atoms with van der Waals surface area (Å²) >= 11 is 0. The summed E-state index contributed by atoms with van der Waals surface area (Å²) in [5.74, 6) is -2.63. The van der Waals surface area contributed by atoms with Crippen molar-refractivity contribution >= 4 is 11.6 Å². The minimum absolute atomic E-state index is 0.0519. The standard InChI is InChI=1S/C13H17F2N3O/c1-18-6-4-8(5-7-18)17-13(19)11-9(14)2-3-10(16)12(11)15/h2-3,8H,4-7,16H2,1H3,(H,17,19). The molecule has 0 atom stereocenters. The Bertz CT molecular complexity index is 485. The minimum Gasteiger partial charge on any atom is -0.396 e. The predicted octanol–water partition coefficient (Wildman–Crippen LogP) is 1.37. The van der Waals surface area contributed by atoms with Gasteiger partial charge in [-0.3, -0.25) is 4.79 Å². The molecule has 1 fully saturated rings. The second-order valence-corrected chi connectivity index (χ2v) is 4.88. The van der Waals surface area contributed by atoms with Crippen molar-refractivity contribution in [3.8, 4) is 0 Å². The van der Waals surface area contributed by atoms with Gasteiger partial charge in [-0.15, -0.1) is 0 Å². The van der Waals surface area contributed by atoms with E-state index in [2.05, 4.69) is 10.2 Å². The summed E-state index contributed by atoms with van der Waals surface area (Å²) in [5.41, 5.74) is 4.53. The lowest BCUT2D eigenvalue weighted by Gasteiger charge is -2.29. The highest BCUT2D eigenvalue weighted by molar-refractivity contribution is 5.95. The highest BCUT2D eigenvalue weighted by atomic mass is 19.1. The Morgan fingerprint density at radius 3 is 2.63 bits per heavy atom. The molecule has 3 N–H and O–H groups in total. The zero-order valence-electron chi connectivity index (χ0n) is 10.7. The van der Waals surface area contributed by atoms with Gasteiger partial charge in [-0.1, -0.05) is 0 Å². The molecule has 1 amide bonds. The lowest BCUT2D eigenvalue weighted by Crippen LogP contribution is -2.43. The molecule has 1 aliphatic heterocycles. The number of piperidine rings is 1. The largest absolute Gasteiger partial charge is 0.396 e. The maximum Gasteiger partial charge on any atom is 0.257 e. The number of nitrogens with two attached hydrogens (primary N) is 1. The van der Waals surface area contributed by atoms with Crippen molar-refractivity contribution in [3.63, 3.8) is 0 Å².